The Morgan fingerprint density at radius 2 is 1.84 bits per heavy atom. The van der Waals surface area contributed by atoms with Gasteiger partial charge in [-0.3, -0.25) is 9.69 Å². The van der Waals surface area contributed by atoms with E-state index in [0.29, 0.717) is 17.5 Å². The Balaban J connectivity index is 1.23. The third-order valence-electron chi connectivity index (χ3n) is 5.50. The second kappa shape index (κ2) is 10.6. The zero-order valence-corrected chi connectivity index (χ0v) is 19.3. The second-order valence-electron chi connectivity index (χ2n) is 7.84. The molecular weight excluding hydrogens is 424 g/mol. The minimum atomic E-state index is 0.116. The van der Waals surface area contributed by atoms with Crippen LogP contribution in [0.1, 0.15) is 11.1 Å². The highest BCUT2D eigenvalue weighted by atomic mass is 32.2. The Morgan fingerprint density at radius 3 is 2.62 bits per heavy atom. The van der Waals surface area contributed by atoms with Gasteiger partial charge in [-0.25, -0.2) is 0 Å². The Morgan fingerprint density at radius 1 is 1.06 bits per heavy atom. The van der Waals surface area contributed by atoms with Crippen LogP contribution in [0.15, 0.2) is 53.7 Å². The van der Waals surface area contributed by atoms with Crippen LogP contribution in [0.5, 0.6) is 5.75 Å². The predicted molar refractivity (Wildman–Crippen MR) is 124 cm³/mol. The molecule has 0 radical (unpaired) electrons. The van der Waals surface area contributed by atoms with Gasteiger partial charge in [0.15, 0.2) is 0 Å². The number of hydrogen-bond donors (Lipinski definition) is 0. The highest BCUT2D eigenvalue weighted by Gasteiger charge is 2.22. The molecule has 2 heterocycles. The van der Waals surface area contributed by atoms with Gasteiger partial charge in [0, 0.05) is 32.7 Å². The Labute approximate surface area is 192 Å². The molecule has 0 aliphatic carbocycles. The van der Waals surface area contributed by atoms with Crippen molar-refractivity contribution in [1.82, 2.24) is 30.0 Å². The molecule has 4 rings (SSSR count). The monoisotopic (exact) mass is 452 g/mol. The molecule has 2 aromatic carbocycles. The van der Waals surface area contributed by atoms with Crippen molar-refractivity contribution in [2.75, 3.05) is 45.1 Å². The number of hydrogen-bond acceptors (Lipinski definition) is 7. The number of thioether (sulfide) groups is 1. The standard InChI is InChI=1S/C23H28N6O2S/c1-18-8-9-19(2)21(16-18)29-23(24-25-26-29)32-17-22(30)28-12-10-27(11-13-28)14-15-31-20-6-4-3-5-7-20/h3-9,16H,10-15,17H2,1-2H3. The van der Waals surface area contributed by atoms with E-state index in [4.69, 9.17) is 4.74 Å². The molecule has 1 amide bonds. The van der Waals surface area contributed by atoms with Crippen LogP contribution in [0.4, 0.5) is 0 Å². The maximum absolute atomic E-state index is 12.8. The van der Waals surface area contributed by atoms with Crippen LogP contribution in [0.3, 0.4) is 0 Å². The molecule has 1 aromatic heterocycles. The minimum Gasteiger partial charge on any atom is -0.492 e. The number of para-hydroxylation sites is 1. The van der Waals surface area contributed by atoms with Gasteiger partial charge in [0.1, 0.15) is 12.4 Å². The quantitative estimate of drug-likeness (QED) is 0.486. The van der Waals surface area contributed by atoms with Crippen LogP contribution >= 0.6 is 11.8 Å². The summed E-state index contributed by atoms with van der Waals surface area (Å²) in [6.07, 6.45) is 0. The van der Waals surface area contributed by atoms with Crippen molar-refractivity contribution < 1.29 is 9.53 Å². The number of aromatic nitrogens is 4. The lowest BCUT2D eigenvalue weighted by molar-refractivity contribution is -0.130. The van der Waals surface area contributed by atoms with E-state index in [-0.39, 0.29) is 5.91 Å². The van der Waals surface area contributed by atoms with Gasteiger partial charge < -0.3 is 9.64 Å². The van der Waals surface area contributed by atoms with Crippen molar-refractivity contribution in [2.24, 2.45) is 0 Å². The van der Waals surface area contributed by atoms with Crippen molar-refractivity contribution in [2.45, 2.75) is 19.0 Å². The zero-order valence-electron chi connectivity index (χ0n) is 18.5. The van der Waals surface area contributed by atoms with Crippen molar-refractivity contribution >= 4 is 17.7 Å². The van der Waals surface area contributed by atoms with E-state index in [0.717, 1.165) is 55.3 Å². The third-order valence-corrected chi connectivity index (χ3v) is 6.41. The van der Waals surface area contributed by atoms with Crippen molar-refractivity contribution in [3.63, 3.8) is 0 Å². The fourth-order valence-electron chi connectivity index (χ4n) is 3.62. The first kappa shape index (κ1) is 22.3. The van der Waals surface area contributed by atoms with Crippen LogP contribution in [0, 0.1) is 13.8 Å². The lowest BCUT2D eigenvalue weighted by Gasteiger charge is -2.34. The minimum absolute atomic E-state index is 0.116. The number of rotatable bonds is 8. The third kappa shape index (κ3) is 5.66. The van der Waals surface area contributed by atoms with Gasteiger partial charge in [-0.1, -0.05) is 42.1 Å². The fraction of sp³-hybridized carbons (Fsp3) is 0.391. The average molecular weight is 453 g/mol. The number of carbonyl (C=O) groups excluding carboxylic acids is 1. The van der Waals surface area contributed by atoms with Gasteiger partial charge in [-0.15, -0.1) is 5.10 Å². The van der Waals surface area contributed by atoms with Crippen molar-refractivity contribution in [1.29, 1.82) is 0 Å². The van der Waals surface area contributed by atoms with Gasteiger partial charge in [0.2, 0.25) is 11.1 Å². The van der Waals surface area contributed by atoms with Crippen LogP contribution in [0.2, 0.25) is 0 Å². The fourth-order valence-corrected chi connectivity index (χ4v) is 4.40. The summed E-state index contributed by atoms with van der Waals surface area (Å²) in [6.45, 7) is 8.74. The van der Waals surface area contributed by atoms with Crippen LogP contribution in [0.25, 0.3) is 5.69 Å². The van der Waals surface area contributed by atoms with Gasteiger partial charge in [-0.2, -0.15) is 4.68 Å². The number of benzene rings is 2. The van der Waals surface area contributed by atoms with Gasteiger partial charge in [-0.05, 0) is 53.6 Å². The van der Waals surface area contributed by atoms with Crippen LogP contribution in [-0.4, -0.2) is 81.0 Å². The molecule has 0 bridgehead atoms. The van der Waals surface area contributed by atoms with E-state index < -0.39 is 0 Å². The van der Waals surface area contributed by atoms with Crippen molar-refractivity contribution in [3.05, 3.63) is 59.7 Å². The summed E-state index contributed by atoms with van der Waals surface area (Å²) >= 11 is 1.38. The van der Waals surface area contributed by atoms with E-state index >= 15 is 0 Å². The first-order chi connectivity index (χ1) is 15.6. The Kier molecular flexibility index (Phi) is 7.39. The molecule has 0 N–H and O–H groups in total. The summed E-state index contributed by atoms with van der Waals surface area (Å²) < 4.78 is 7.49. The molecular formula is C23H28N6O2S. The van der Waals surface area contributed by atoms with Crippen molar-refractivity contribution in [3.8, 4) is 11.4 Å². The highest BCUT2D eigenvalue weighted by molar-refractivity contribution is 7.99. The van der Waals surface area contributed by atoms with Gasteiger partial charge >= 0.3 is 0 Å². The molecule has 9 heteroatoms. The molecule has 1 aliphatic rings. The van der Waals surface area contributed by atoms with Crippen LogP contribution in [-0.2, 0) is 4.79 Å². The molecule has 168 valence electrons. The molecule has 3 aromatic rings. The summed E-state index contributed by atoms with van der Waals surface area (Å²) in [5.41, 5.74) is 3.17. The number of amides is 1. The Bertz CT molecular complexity index is 1030. The van der Waals surface area contributed by atoms with E-state index in [2.05, 4.69) is 38.6 Å². The number of ether oxygens (including phenoxy) is 1. The maximum atomic E-state index is 12.8. The average Bonchev–Trinajstić information content (AvgIpc) is 3.28. The molecule has 1 saturated heterocycles. The summed E-state index contributed by atoms with van der Waals surface area (Å²) in [7, 11) is 0. The smallest absolute Gasteiger partial charge is 0.233 e. The Hall–Kier alpha value is -2.91. The number of tetrazole rings is 1. The molecule has 8 nitrogen and oxygen atoms in total. The molecule has 0 saturated carbocycles. The van der Waals surface area contributed by atoms with E-state index in [1.807, 2.05) is 49.1 Å². The molecule has 1 aliphatic heterocycles. The first-order valence-corrected chi connectivity index (χ1v) is 11.8. The molecule has 0 unspecified atom stereocenters. The lowest BCUT2D eigenvalue weighted by atomic mass is 10.1. The summed E-state index contributed by atoms with van der Waals surface area (Å²) in [5.74, 6) is 1.33. The largest absolute Gasteiger partial charge is 0.492 e. The van der Waals surface area contributed by atoms with Gasteiger partial charge in [0.05, 0.1) is 11.4 Å². The van der Waals surface area contributed by atoms with E-state index in [9.17, 15) is 4.79 Å². The zero-order chi connectivity index (χ0) is 22.3. The number of carbonyl (C=O) groups is 1. The number of piperazine rings is 1. The van der Waals surface area contributed by atoms with E-state index in [1.54, 1.807) is 4.68 Å². The second-order valence-corrected chi connectivity index (χ2v) is 8.78. The topological polar surface area (TPSA) is 76.4 Å². The SMILES string of the molecule is Cc1ccc(C)c(-n2nnnc2SCC(=O)N2CCN(CCOc3ccccc3)CC2)c1. The summed E-state index contributed by atoms with van der Waals surface area (Å²) in [5, 5.41) is 12.7. The summed E-state index contributed by atoms with van der Waals surface area (Å²) in [6, 6.07) is 16.0. The van der Waals surface area contributed by atoms with E-state index in [1.165, 1.54) is 11.8 Å². The summed E-state index contributed by atoms with van der Waals surface area (Å²) in [4.78, 5) is 17.0. The predicted octanol–water partition coefficient (Wildman–Crippen LogP) is 2.59. The number of aryl methyl sites for hydroxylation is 2. The molecule has 32 heavy (non-hydrogen) atoms. The first-order valence-electron chi connectivity index (χ1n) is 10.8. The highest BCUT2D eigenvalue weighted by Crippen LogP contribution is 2.22. The molecule has 0 spiro atoms. The molecule has 1 fully saturated rings. The normalized spacial score (nSPS) is 14.5. The number of nitrogens with zero attached hydrogens (tertiary/aromatic N) is 6. The maximum Gasteiger partial charge on any atom is 0.233 e. The lowest BCUT2D eigenvalue weighted by Crippen LogP contribution is -2.50. The van der Waals surface area contributed by atoms with Crippen LogP contribution < -0.4 is 4.74 Å². The molecule has 0 atom stereocenters. The van der Waals surface area contributed by atoms with Gasteiger partial charge in [0.25, 0.3) is 0 Å².